The SMILES string of the molecule is CCNC(c1cnns1)c1ccsc1C. The second kappa shape index (κ2) is 4.83. The molecule has 1 N–H and O–H groups in total. The Morgan fingerprint density at radius 2 is 2.40 bits per heavy atom. The van der Waals surface area contributed by atoms with Gasteiger partial charge in [0.05, 0.1) is 17.1 Å². The Bertz CT molecular complexity index is 408. The normalized spacial score (nSPS) is 12.9. The van der Waals surface area contributed by atoms with E-state index in [0.717, 1.165) is 6.54 Å². The van der Waals surface area contributed by atoms with E-state index in [1.165, 1.54) is 26.9 Å². The van der Waals surface area contributed by atoms with Crippen molar-refractivity contribution in [2.45, 2.75) is 19.9 Å². The van der Waals surface area contributed by atoms with Gasteiger partial charge in [-0.25, -0.2) is 0 Å². The van der Waals surface area contributed by atoms with E-state index in [-0.39, 0.29) is 6.04 Å². The summed E-state index contributed by atoms with van der Waals surface area (Å²) in [6.07, 6.45) is 1.84. The number of thiophene rings is 1. The zero-order valence-electron chi connectivity index (χ0n) is 8.73. The Hall–Kier alpha value is -0.780. The van der Waals surface area contributed by atoms with Crippen molar-refractivity contribution in [3.8, 4) is 0 Å². The quantitative estimate of drug-likeness (QED) is 0.891. The van der Waals surface area contributed by atoms with Gasteiger partial charge in [-0.15, -0.1) is 16.4 Å². The highest BCUT2D eigenvalue weighted by Gasteiger charge is 2.17. The lowest BCUT2D eigenvalue weighted by Gasteiger charge is -2.15. The van der Waals surface area contributed by atoms with Gasteiger partial charge in [0.25, 0.3) is 0 Å². The molecule has 0 spiro atoms. The van der Waals surface area contributed by atoms with Crippen LogP contribution in [0, 0.1) is 6.92 Å². The largest absolute Gasteiger partial charge is 0.306 e. The highest BCUT2D eigenvalue weighted by Crippen LogP contribution is 2.29. The molecular formula is C10H13N3S2. The number of rotatable bonds is 4. The third-order valence-corrected chi connectivity index (χ3v) is 3.87. The molecule has 1 atom stereocenters. The Kier molecular flexibility index (Phi) is 3.45. The zero-order chi connectivity index (χ0) is 10.7. The summed E-state index contributed by atoms with van der Waals surface area (Å²) in [6, 6.07) is 2.42. The van der Waals surface area contributed by atoms with Crippen LogP contribution in [0.1, 0.15) is 28.3 Å². The molecule has 0 saturated heterocycles. The fraction of sp³-hybridized carbons (Fsp3) is 0.400. The molecule has 0 aliphatic heterocycles. The summed E-state index contributed by atoms with van der Waals surface area (Å²) in [6.45, 7) is 5.21. The summed E-state index contributed by atoms with van der Waals surface area (Å²) in [5.74, 6) is 0. The van der Waals surface area contributed by atoms with Gasteiger partial charge in [-0.1, -0.05) is 11.4 Å². The summed E-state index contributed by atoms with van der Waals surface area (Å²) in [5.41, 5.74) is 1.34. The van der Waals surface area contributed by atoms with Crippen LogP contribution in [-0.2, 0) is 0 Å². The molecule has 0 bridgehead atoms. The maximum Gasteiger partial charge on any atom is 0.0714 e. The molecule has 2 heterocycles. The first kappa shape index (κ1) is 10.7. The third kappa shape index (κ3) is 2.25. The van der Waals surface area contributed by atoms with Gasteiger partial charge in [0.2, 0.25) is 0 Å². The molecule has 2 aromatic heterocycles. The molecule has 80 valence electrons. The number of hydrogen-bond acceptors (Lipinski definition) is 5. The molecule has 0 fully saturated rings. The number of hydrogen-bond donors (Lipinski definition) is 1. The molecular weight excluding hydrogens is 226 g/mol. The van der Waals surface area contributed by atoms with E-state index in [1.54, 1.807) is 11.3 Å². The lowest BCUT2D eigenvalue weighted by Crippen LogP contribution is -2.21. The molecule has 2 rings (SSSR count). The van der Waals surface area contributed by atoms with Gasteiger partial charge in [0, 0.05) is 4.88 Å². The fourth-order valence-corrected chi connectivity index (χ4v) is 2.90. The first-order chi connectivity index (χ1) is 7.33. The first-order valence-electron chi connectivity index (χ1n) is 4.87. The lowest BCUT2D eigenvalue weighted by molar-refractivity contribution is 0.638. The van der Waals surface area contributed by atoms with E-state index in [2.05, 4.69) is 40.2 Å². The Balaban J connectivity index is 2.32. The van der Waals surface area contributed by atoms with Crippen LogP contribution in [0.15, 0.2) is 17.6 Å². The van der Waals surface area contributed by atoms with Crippen LogP contribution in [0.4, 0.5) is 0 Å². The van der Waals surface area contributed by atoms with Crippen molar-refractivity contribution >= 4 is 22.9 Å². The summed E-state index contributed by atoms with van der Waals surface area (Å²) in [7, 11) is 0. The minimum Gasteiger partial charge on any atom is -0.306 e. The average molecular weight is 239 g/mol. The van der Waals surface area contributed by atoms with E-state index >= 15 is 0 Å². The fourth-order valence-electron chi connectivity index (χ4n) is 1.56. The number of nitrogens with zero attached hydrogens (tertiary/aromatic N) is 2. The van der Waals surface area contributed by atoms with Gasteiger partial charge in [0.15, 0.2) is 0 Å². The summed E-state index contributed by atoms with van der Waals surface area (Å²) in [4.78, 5) is 2.53. The van der Waals surface area contributed by atoms with Crippen molar-refractivity contribution in [3.05, 3.63) is 33.0 Å². The van der Waals surface area contributed by atoms with Crippen molar-refractivity contribution in [1.29, 1.82) is 0 Å². The summed E-state index contributed by atoms with van der Waals surface area (Å²) < 4.78 is 3.92. The van der Waals surface area contributed by atoms with Crippen LogP contribution >= 0.6 is 22.9 Å². The predicted molar refractivity (Wildman–Crippen MR) is 64.5 cm³/mol. The maximum absolute atomic E-state index is 3.92. The van der Waals surface area contributed by atoms with Gasteiger partial charge in [-0.2, -0.15) is 0 Å². The number of aromatic nitrogens is 2. The first-order valence-corrected chi connectivity index (χ1v) is 6.53. The molecule has 0 radical (unpaired) electrons. The van der Waals surface area contributed by atoms with E-state index < -0.39 is 0 Å². The van der Waals surface area contributed by atoms with Crippen molar-refractivity contribution in [3.63, 3.8) is 0 Å². The Labute approximate surface area is 97.3 Å². The summed E-state index contributed by atoms with van der Waals surface area (Å²) in [5, 5.41) is 9.49. The van der Waals surface area contributed by atoms with Crippen LogP contribution in [0.25, 0.3) is 0 Å². The molecule has 0 aliphatic rings. The second-order valence-corrected chi connectivity index (χ2v) is 5.18. The minimum absolute atomic E-state index is 0.251. The number of nitrogens with one attached hydrogen (secondary N) is 1. The van der Waals surface area contributed by atoms with Crippen LogP contribution < -0.4 is 5.32 Å². The van der Waals surface area contributed by atoms with Gasteiger partial charge < -0.3 is 5.32 Å². The molecule has 3 nitrogen and oxygen atoms in total. The van der Waals surface area contributed by atoms with Crippen molar-refractivity contribution < 1.29 is 0 Å². The van der Waals surface area contributed by atoms with E-state index in [9.17, 15) is 0 Å². The molecule has 0 amide bonds. The van der Waals surface area contributed by atoms with E-state index in [0.29, 0.717) is 0 Å². The molecule has 0 saturated carbocycles. The molecule has 1 unspecified atom stereocenters. The van der Waals surface area contributed by atoms with Gasteiger partial charge in [-0.3, -0.25) is 0 Å². The molecule has 2 aromatic rings. The van der Waals surface area contributed by atoms with E-state index in [1.807, 2.05) is 6.20 Å². The van der Waals surface area contributed by atoms with Crippen molar-refractivity contribution in [2.24, 2.45) is 0 Å². The standard InChI is InChI=1S/C10H13N3S2/c1-3-11-10(9-6-12-13-15-9)8-4-5-14-7(8)2/h4-6,10-11H,3H2,1-2H3. The highest BCUT2D eigenvalue weighted by molar-refractivity contribution is 7.10. The average Bonchev–Trinajstić information content (AvgIpc) is 2.85. The number of aryl methyl sites for hydroxylation is 1. The van der Waals surface area contributed by atoms with Gasteiger partial charge in [0.1, 0.15) is 0 Å². The van der Waals surface area contributed by atoms with Gasteiger partial charge >= 0.3 is 0 Å². The molecule has 5 heteroatoms. The molecule has 0 aliphatic carbocycles. The topological polar surface area (TPSA) is 37.8 Å². The van der Waals surface area contributed by atoms with Crippen LogP contribution in [-0.4, -0.2) is 16.1 Å². The predicted octanol–water partition coefficient (Wildman–Crippen LogP) is 2.61. The van der Waals surface area contributed by atoms with Crippen LogP contribution in [0.2, 0.25) is 0 Å². The smallest absolute Gasteiger partial charge is 0.0714 e. The summed E-state index contributed by atoms with van der Waals surface area (Å²) >= 11 is 3.24. The van der Waals surface area contributed by atoms with Gasteiger partial charge in [-0.05, 0) is 42.0 Å². The van der Waals surface area contributed by atoms with E-state index in [4.69, 9.17) is 0 Å². The monoisotopic (exact) mass is 239 g/mol. The minimum atomic E-state index is 0.251. The highest BCUT2D eigenvalue weighted by atomic mass is 32.1. The lowest BCUT2D eigenvalue weighted by atomic mass is 10.1. The molecule has 0 aromatic carbocycles. The third-order valence-electron chi connectivity index (χ3n) is 2.28. The Morgan fingerprint density at radius 3 is 2.93 bits per heavy atom. The van der Waals surface area contributed by atoms with Crippen LogP contribution in [0.3, 0.4) is 0 Å². The Morgan fingerprint density at radius 1 is 1.53 bits per heavy atom. The van der Waals surface area contributed by atoms with Crippen molar-refractivity contribution in [2.75, 3.05) is 6.54 Å². The van der Waals surface area contributed by atoms with Crippen molar-refractivity contribution in [1.82, 2.24) is 14.9 Å². The second-order valence-electron chi connectivity index (χ2n) is 3.24. The van der Waals surface area contributed by atoms with Crippen LogP contribution in [0.5, 0.6) is 0 Å². The maximum atomic E-state index is 3.92. The zero-order valence-corrected chi connectivity index (χ0v) is 10.4. The molecule has 15 heavy (non-hydrogen) atoms.